The number of hydrogen-bond acceptors (Lipinski definition) is 3. The molecule has 0 aliphatic carbocycles. The summed E-state index contributed by atoms with van der Waals surface area (Å²) < 4.78 is 18.6. The molecule has 0 spiro atoms. The minimum atomic E-state index is -0.868. The number of carbonyl (C=O) groups is 2. The minimum absolute atomic E-state index is 0.117. The molecule has 0 bridgehead atoms. The van der Waals surface area contributed by atoms with Gasteiger partial charge in [-0.15, -0.1) is 0 Å². The Morgan fingerprint density at radius 3 is 2.72 bits per heavy atom. The molecule has 0 atom stereocenters. The number of amides is 1. The molecule has 1 aromatic carbocycles. The van der Waals surface area contributed by atoms with Crippen LogP contribution in [0.3, 0.4) is 0 Å². The van der Waals surface area contributed by atoms with Crippen LogP contribution >= 0.6 is 0 Å². The maximum Gasteiger partial charge on any atom is 0.255 e. The topological polar surface area (TPSA) is 69.4 Å². The molecule has 1 aromatic rings. The van der Waals surface area contributed by atoms with Crippen molar-refractivity contribution in [2.75, 3.05) is 6.61 Å². The highest BCUT2D eigenvalue weighted by Gasteiger charge is 2.14. The normalized spacial score (nSPS) is 10.1. The lowest BCUT2D eigenvalue weighted by Gasteiger charge is -2.09. The Hall–Kier alpha value is -1.91. The molecular weight excluding hydrogens is 237 g/mol. The van der Waals surface area contributed by atoms with Crippen LogP contribution in [0.4, 0.5) is 4.39 Å². The lowest BCUT2D eigenvalue weighted by atomic mass is 10.1. The van der Waals surface area contributed by atoms with E-state index in [9.17, 15) is 14.0 Å². The van der Waals surface area contributed by atoms with Crippen LogP contribution in [-0.2, 0) is 4.79 Å². The van der Waals surface area contributed by atoms with E-state index in [0.29, 0.717) is 19.3 Å². The molecule has 0 saturated carbocycles. The van der Waals surface area contributed by atoms with Crippen LogP contribution in [0.25, 0.3) is 0 Å². The fraction of sp³-hybridized carbons (Fsp3) is 0.385. The molecule has 18 heavy (non-hydrogen) atoms. The lowest BCUT2D eigenvalue weighted by Crippen LogP contribution is -2.15. The number of Topliss-reactive ketones (excluding diaryl/α,β-unsaturated/α-hetero) is 1. The lowest BCUT2D eigenvalue weighted by molar-refractivity contribution is -0.118. The standard InChI is InChI=1S/C13H16FNO3/c1-2-9(16)5-4-8-18-11-7-3-6-10(14)12(11)13(15)17/h3,6-7H,2,4-5,8H2,1H3,(H2,15,17). The zero-order chi connectivity index (χ0) is 13.5. The number of halogens is 1. The van der Waals surface area contributed by atoms with Crippen LogP contribution in [0.5, 0.6) is 5.75 Å². The zero-order valence-electron chi connectivity index (χ0n) is 10.2. The van der Waals surface area contributed by atoms with Crippen molar-refractivity contribution >= 4 is 11.7 Å². The maximum absolute atomic E-state index is 13.4. The summed E-state index contributed by atoms with van der Waals surface area (Å²) in [5.41, 5.74) is 4.83. The number of primary amides is 1. The highest BCUT2D eigenvalue weighted by molar-refractivity contribution is 5.95. The first-order valence-electron chi connectivity index (χ1n) is 5.79. The van der Waals surface area contributed by atoms with Crippen LogP contribution in [0.15, 0.2) is 18.2 Å². The molecule has 0 aliphatic rings. The van der Waals surface area contributed by atoms with Crippen molar-refractivity contribution in [3.05, 3.63) is 29.6 Å². The summed E-state index contributed by atoms with van der Waals surface area (Å²) >= 11 is 0. The average Bonchev–Trinajstić information content (AvgIpc) is 2.33. The van der Waals surface area contributed by atoms with E-state index in [1.807, 2.05) is 0 Å². The SMILES string of the molecule is CCC(=O)CCCOc1cccc(F)c1C(N)=O. The second-order valence-corrected chi connectivity index (χ2v) is 3.82. The molecule has 0 radical (unpaired) electrons. The van der Waals surface area contributed by atoms with Crippen molar-refractivity contribution in [3.63, 3.8) is 0 Å². The first-order chi connectivity index (χ1) is 8.56. The Morgan fingerprint density at radius 2 is 2.11 bits per heavy atom. The first kappa shape index (κ1) is 14.2. The molecule has 0 saturated heterocycles. The Kier molecular flexibility index (Phi) is 5.30. The van der Waals surface area contributed by atoms with Gasteiger partial charge in [0.05, 0.1) is 6.61 Å². The van der Waals surface area contributed by atoms with Gasteiger partial charge in [-0.3, -0.25) is 9.59 Å². The monoisotopic (exact) mass is 253 g/mol. The molecule has 1 amide bonds. The third-order valence-corrected chi connectivity index (χ3v) is 2.47. The number of hydrogen-bond donors (Lipinski definition) is 1. The summed E-state index contributed by atoms with van der Waals surface area (Å²) in [6, 6.07) is 4.06. The van der Waals surface area contributed by atoms with Gasteiger partial charge in [-0.05, 0) is 18.6 Å². The van der Waals surface area contributed by atoms with Gasteiger partial charge >= 0.3 is 0 Å². The van der Waals surface area contributed by atoms with Crippen molar-refractivity contribution in [1.82, 2.24) is 0 Å². The van der Waals surface area contributed by atoms with E-state index in [1.54, 1.807) is 6.92 Å². The second-order valence-electron chi connectivity index (χ2n) is 3.82. The number of ketones is 1. The number of ether oxygens (including phenoxy) is 1. The quantitative estimate of drug-likeness (QED) is 0.756. The van der Waals surface area contributed by atoms with Crippen molar-refractivity contribution in [3.8, 4) is 5.75 Å². The van der Waals surface area contributed by atoms with E-state index in [2.05, 4.69) is 0 Å². The fourth-order valence-corrected chi connectivity index (χ4v) is 1.49. The fourth-order valence-electron chi connectivity index (χ4n) is 1.49. The molecule has 0 aromatic heterocycles. The highest BCUT2D eigenvalue weighted by Crippen LogP contribution is 2.21. The first-order valence-corrected chi connectivity index (χ1v) is 5.79. The van der Waals surface area contributed by atoms with E-state index in [4.69, 9.17) is 10.5 Å². The molecule has 98 valence electrons. The summed E-state index contributed by atoms with van der Waals surface area (Å²) in [5, 5.41) is 0. The van der Waals surface area contributed by atoms with E-state index in [0.717, 1.165) is 6.07 Å². The van der Waals surface area contributed by atoms with Crippen LogP contribution < -0.4 is 10.5 Å². The molecule has 2 N–H and O–H groups in total. The Labute approximate surface area is 105 Å². The van der Waals surface area contributed by atoms with Crippen molar-refractivity contribution < 1.29 is 18.7 Å². The summed E-state index contributed by atoms with van der Waals surface area (Å²) in [6.07, 6.45) is 1.44. The number of nitrogens with two attached hydrogens (primary N) is 1. The Bertz CT molecular complexity index is 446. The molecule has 0 heterocycles. The molecule has 0 unspecified atom stereocenters. The van der Waals surface area contributed by atoms with E-state index < -0.39 is 11.7 Å². The Balaban J connectivity index is 2.60. The van der Waals surface area contributed by atoms with Gasteiger partial charge in [-0.1, -0.05) is 13.0 Å². The van der Waals surface area contributed by atoms with Crippen molar-refractivity contribution in [1.29, 1.82) is 0 Å². The summed E-state index contributed by atoms with van der Waals surface area (Å²) in [6.45, 7) is 2.04. The van der Waals surface area contributed by atoms with Crippen LogP contribution in [0.1, 0.15) is 36.5 Å². The summed E-state index contributed by atoms with van der Waals surface area (Å²) in [5.74, 6) is -1.31. The van der Waals surface area contributed by atoms with Gasteiger partial charge in [0, 0.05) is 12.8 Å². The predicted molar refractivity (Wildman–Crippen MR) is 64.9 cm³/mol. The van der Waals surface area contributed by atoms with Gasteiger partial charge in [0.2, 0.25) is 0 Å². The molecule has 5 heteroatoms. The zero-order valence-corrected chi connectivity index (χ0v) is 10.2. The summed E-state index contributed by atoms with van der Waals surface area (Å²) in [4.78, 5) is 22.1. The molecule has 1 rings (SSSR count). The molecule has 0 fully saturated rings. The second kappa shape index (κ2) is 6.74. The summed E-state index contributed by atoms with van der Waals surface area (Å²) in [7, 11) is 0. The van der Waals surface area contributed by atoms with E-state index in [1.165, 1.54) is 12.1 Å². The van der Waals surface area contributed by atoms with E-state index in [-0.39, 0.29) is 23.7 Å². The minimum Gasteiger partial charge on any atom is -0.493 e. The highest BCUT2D eigenvalue weighted by atomic mass is 19.1. The molecular formula is C13H16FNO3. The van der Waals surface area contributed by atoms with Crippen LogP contribution in [0.2, 0.25) is 0 Å². The molecule has 0 aliphatic heterocycles. The maximum atomic E-state index is 13.4. The largest absolute Gasteiger partial charge is 0.493 e. The van der Waals surface area contributed by atoms with Gasteiger partial charge in [0.25, 0.3) is 5.91 Å². The Morgan fingerprint density at radius 1 is 1.39 bits per heavy atom. The van der Waals surface area contributed by atoms with Gasteiger partial charge < -0.3 is 10.5 Å². The smallest absolute Gasteiger partial charge is 0.255 e. The van der Waals surface area contributed by atoms with Gasteiger partial charge in [-0.2, -0.15) is 0 Å². The number of benzene rings is 1. The van der Waals surface area contributed by atoms with Gasteiger partial charge in [-0.25, -0.2) is 4.39 Å². The van der Waals surface area contributed by atoms with Crippen LogP contribution in [-0.4, -0.2) is 18.3 Å². The number of carbonyl (C=O) groups excluding carboxylic acids is 2. The van der Waals surface area contributed by atoms with Gasteiger partial charge in [0.1, 0.15) is 22.9 Å². The van der Waals surface area contributed by atoms with Crippen molar-refractivity contribution in [2.45, 2.75) is 26.2 Å². The average molecular weight is 253 g/mol. The third kappa shape index (κ3) is 3.84. The molecule has 4 nitrogen and oxygen atoms in total. The third-order valence-electron chi connectivity index (χ3n) is 2.47. The van der Waals surface area contributed by atoms with Crippen molar-refractivity contribution in [2.24, 2.45) is 5.73 Å². The van der Waals surface area contributed by atoms with Gasteiger partial charge in [0.15, 0.2) is 0 Å². The van der Waals surface area contributed by atoms with Crippen LogP contribution in [0, 0.1) is 5.82 Å². The van der Waals surface area contributed by atoms with E-state index >= 15 is 0 Å². The predicted octanol–water partition coefficient (Wildman–Crippen LogP) is 2.06. The number of rotatable bonds is 7.